The first-order valence-electron chi connectivity index (χ1n) is 6.23. The largest absolute Gasteiger partial charge is 0.384 e. The van der Waals surface area contributed by atoms with E-state index in [-0.39, 0.29) is 24.7 Å². The molecule has 0 spiro atoms. The third kappa shape index (κ3) is 3.88. The fraction of sp³-hybridized carbons (Fsp3) is 0.267. The van der Waals surface area contributed by atoms with Gasteiger partial charge in [-0.25, -0.2) is 4.39 Å². The van der Waals surface area contributed by atoms with Crippen molar-refractivity contribution in [3.63, 3.8) is 0 Å². The van der Waals surface area contributed by atoms with Crippen LogP contribution in [0.15, 0.2) is 41.1 Å². The summed E-state index contributed by atoms with van der Waals surface area (Å²) in [5.41, 5.74) is 0.281. The van der Waals surface area contributed by atoms with Gasteiger partial charge in [-0.1, -0.05) is 12.1 Å². The van der Waals surface area contributed by atoms with Gasteiger partial charge in [0.1, 0.15) is 11.4 Å². The minimum absolute atomic E-state index is 0.0947. The Morgan fingerprint density at radius 3 is 2.90 bits per heavy atom. The fourth-order valence-electron chi connectivity index (χ4n) is 1.84. The second-order valence-corrected chi connectivity index (χ2v) is 5.65. The number of carbonyl (C=O) groups excluding carboxylic acids is 1. The molecule has 0 radical (unpaired) electrons. The molecule has 1 aromatic heterocycles. The lowest BCUT2D eigenvalue weighted by Crippen LogP contribution is -2.39. The summed E-state index contributed by atoms with van der Waals surface area (Å²) in [7, 11) is 0. The Morgan fingerprint density at radius 2 is 2.25 bits per heavy atom. The van der Waals surface area contributed by atoms with E-state index in [1.165, 1.54) is 23.5 Å². The summed E-state index contributed by atoms with van der Waals surface area (Å²) in [5, 5.41) is 16.7. The van der Waals surface area contributed by atoms with Gasteiger partial charge in [-0.3, -0.25) is 4.79 Å². The van der Waals surface area contributed by atoms with Crippen LogP contribution in [0.25, 0.3) is 0 Å². The molecule has 106 valence electrons. The lowest BCUT2D eigenvalue weighted by atomic mass is 9.99. The quantitative estimate of drug-likeness (QED) is 0.889. The van der Waals surface area contributed by atoms with Crippen LogP contribution in [-0.2, 0) is 16.8 Å². The lowest BCUT2D eigenvalue weighted by Gasteiger charge is -2.22. The maximum absolute atomic E-state index is 13.0. The number of rotatable bonds is 5. The highest BCUT2D eigenvalue weighted by atomic mass is 32.1. The van der Waals surface area contributed by atoms with Gasteiger partial charge < -0.3 is 10.4 Å². The van der Waals surface area contributed by atoms with Crippen LogP contribution >= 0.6 is 11.3 Å². The number of hydrogen-bond acceptors (Lipinski definition) is 3. The molecule has 2 aromatic rings. The van der Waals surface area contributed by atoms with Crippen molar-refractivity contribution < 1.29 is 14.3 Å². The standard InChI is InChI=1S/C15H16FNO2S/c1-15(19,12-5-6-20-9-12)10-17-14(18)8-11-3-2-4-13(16)7-11/h2-7,9,19H,8,10H2,1H3,(H,17,18). The number of benzene rings is 1. The van der Waals surface area contributed by atoms with Crippen LogP contribution in [0.1, 0.15) is 18.1 Å². The number of halogens is 1. The summed E-state index contributed by atoms with van der Waals surface area (Å²) in [4.78, 5) is 11.8. The molecule has 0 aliphatic rings. The first-order valence-corrected chi connectivity index (χ1v) is 7.18. The molecule has 0 saturated heterocycles. The molecule has 0 aliphatic carbocycles. The second-order valence-electron chi connectivity index (χ2n) is 4.87. The predicted octanol–water partition coefficient (Wildman–Crippen LogP) is 2.45. The number of thiophene rings is 1. The van der Waals surface area contributed by atoms with Crippen molar-refractivity contribution in [1.82, 2.24) is 5.32 Å². The number of carbonyl (C=O) groups is 1. The first-order chi connectivity index (χ1) is 9.47. The zero-order chi connectivity index (χ0) is 14.6. The summed E-state index contributed by atoms with van der Waals surface area (Å²) in [5.74, 6) is -0.605. The van der Waals surface area contributed by atoms with Gasteiger partial charge in [-0.05, 0) is 47.0 Å². The van der Waals surface area contributed by atoms with Crippen molar-refractivity contribution in [2.75, 3.05) is 6.54 Å². The minimum atomic E-state index is -1.10. The van der Waals surface area contributed by atoms with E-state index in [0.29, 0.717) is 5.56 Å². The van der Waals surface area contributed by atoms with E-state index in [1.807, 2.05) is 16.8 Å². The van der Waals surface area contributed by atoms with Crippen LogP contribution in [0.5, 0.6) is 0 Å². The molecule has 0 bridgehead atoms. The summed E-state index contributed by atoms with van der Waals surface area (Å²) in [6.07, 6.45) is 0.0947. The van der Waals surface area contributed by atoms with E-state index in [1.54, 1.807) is 19.1 Å². The Hall–Kier alpha value is -1.72. The highest BCUT2D eigenvalue weighted by Gasteiger charge is 2.24. The zero-order valence-corrected chi connectivity index (χ0v) is 11.9. The molecule has 1 atom stereocenters. The van der Waals surface area contributed by atoms with Crippen molar-refractivity contribution in [2.24, 2.45) is 0 Å². The number of amides is 1. The molecular weight excluding hydrogens is 277 g/mol. The van der Waals surface area contributed by atoms with E-state index in [0.717, 1.165) is 5.56 Å². The Morgan fingerprint density at radius 1 is 1.45 bits per heavy atom. The molecule has 1 unspecified atom stereocenters. The minimum Gasteiger partial charge on any atom is -0.384 e. The second kappa shape index (κ2) is 6.15. The van der Waals surface area contributed by atoms with Crippen LogP contribution < -0.4 is 5.32 Å². The number of nitrogens with one attached hydrogen (secondary N) is 1. The molecular formula is C15H16FNO2S. The smallest absolute Gasteiger partial charge is 0.224 e. The van der Waals surface area contributed by atoms with Gasteiger partial charge in [0.2, 0.25) is 5.91 Å². The van der Waals surface area contributed by atoms with E-state index >= 15 is 0 Å². The molecule has 0 saturated carbocycles. The van der Waals surface area contributed by atoms with Gasteiger partial charge in [-0.2, -0.15) is 11.3 Å². The summed E-state index contributed by atoms with van der Waals surface area (Å²) >= 11 is 1.49. The third-order valence-electron chi connectivity index (χ3n) is 3.03. The van der Waals surface area contributed by atoms with Gasteiger partial charge in [0, 0.05) is 0 Å². The number of hydrogen-bond donors (Lipinski definition) is 2. The van der Waals surface area contributed by atoms with Crippen LogP contribution in [-0.4, -0.2) is 17.6 Å². The monoisotopic (exact) mass is 293 g/mol. The maximum atomic E-state index is 13.0. The maximum Gasteiger partial charge on any atom is 0.224 e. The number of aliphatic hydroxyl groups is 1. The van der Waals surface area contributed by atoms with Crippen molar-refractivity contribution >= 4 is 17.2 Å². The van der Waals surface area contributed by atoms with Crippen LogP contribution in [0.2, 0.25) is 0 Å². The molecule has 3 nitrogen and oxygen atoms in total. The molecule has 20 heavy (non-hydrogen) atoms. The normalized spacial score (nSPS) is 13.8. The molecule has 2 rings (SSSR count). The zero-order valence-electron chi connectivity index (χ0n) is 11.1. The molecule has 0 fully saturated rings. The van der Waals surface area contributed by atoms with Crippen LogP contribution in [0.3, 0.4) is 0 Å². The Bertz CT molecular complexity index is 581. The van der Waals surface area contributed by atoms with Gasteiger partial charge in [0.25, 0.3) is 0 Å². The SMILES string of the molecule is CC(O)(CNC(=O)Cc1cccc(F)c1)c1ccsc1. The topological polar surface area (TPSA) is 49.3 Å². The molecule has 1 amide bonds. The van der Waals surface area contributed by atoms with Gasteiger partial charge >= 0.3 is 0 Å². The molecule has 1 aromatic carbocycles. The summed E-state index contributed by atoms with van der Waals surface area (Å²) < 4.78 is 13.0. The van der Waals surface area contributed by atoms with Crippen LogP contribution in [0.4, 0.5) is 4.39 Å². The van der Waals surface area contributed by atoms with Crippen molar-refractivity contribution in [3.8, 4) is 0 Å². The van der Waals surface area contributed by atoms with E-state index in [9.17, 15) is 14.3 Å². The average Bonchev–Trinajstić information content (AvgIpc) is 2.91. The van der Waals surface area contributed by atoms with E-state index in [4.69, 9.17) is 0 Å². The highest BCUT2D eigenvalue weighted by molar-refractivity contribution is 7.08. The lowest BCUT2D eigenvalue weighted by molar-refractivity contribution is -0.121. The van der Waals surface area contributed by atoms with E-state index in [2.05, 4.69) is 5.32 Å². The van der Waals surface area contributed by atoms with Gasteiger partial charge in [0.15, 0.2) is 0 Å². The summed E-state index contributed by atoms with van der Waals surface area (Å²) in [6.45, 7) is 1.77. The van der Waals surface area contributed by atoms with Crippen molar-refractivity contribution in [2.45, 2.75) is 18.9 Å². The Balaban J connectivity index is 1.89. The van der Waals surface area contributed by atoms with Gasteiger partial charge in [-0.15, -0.1) is 0 Å². The van der Waals surface area contributed by atoms with Crippen LogP contribution in [0, 0.1) is 5.82 Å². The predicted molar refractivity (Wildman–Crippen MR) is 77.0 cm³/mol. The highest BCUT2D eigenvalue weighted by Crippen LogP contribution is 2.22. The average molecular weight is 293 g/mol. The molecule has 2 N–H and O–H groups in total. The molecule has 0 aliphatic heterocycles. The van der Waals surface area contributed by atoms with Crippen molar-refractivity contribution in [1.29, 1.82) is 0 Å². The molecule has 5 heteroatoms. The molecule has 1 heterocycles. The Kier molecular flexibility index (Phi) is 4.52. The van der Waals surface area contributed by atoms with Gasteiger partial charge in [0.05, 0.1) is 13.0 Å². The third-order valence-corrected chi connectivity index (χ3v) is 3.71. The summed E-state index contributed by atoms with van der Waals surface area (Å²) in [6, 6.07) is 7.75. The first kappa shape index (κ1) is 14.7. The van der Waals surface area contributed by atoms with E-state index < -0.39 is 5.60 Å². The Labute approximate surface area is 121 Å². The van der Waals surface area contributed by atoms with Crippen molar-refractivity contribution in [3.05, 3.63) is 58.0 Å². The fourth-order valence-corrected chi connectivity index (χ4v) is 2.62.